The molecule has 0 saturated carbocycles. The molecule has 0 amide bonds. The molecule has 0 saturated heterocycles. The molecule has 2 aromatic carbocycles. The van der Waals surface area contributed by atoms with Gasteiger partial charge in [-0.1, -0.05) is 36.5 Å². The molecular formula is C14H13IN2O2S2. The van der Waals surface area contributed by atoms with Crippen LogP contribution in [-0.2, 0) is 15.8 Å². The summed E-state index contributed by atoms with van der Waals surface area (Å²) in [5.41, 5.74) is 7.32. The Hall–Kier alpha value is -1.19. The molecule has 0 fully saturated rings. The van der Waals surface area contributed by atoms with Crippen LogP contribution in [0.1, 0.15) is 11.1 Å². The van der Waals surface area contributed by atoms with Crippen LogP contribution in [0.15, 0.2) is 48.5 Å². The van der Waals surface area contributed by atoms with Gasteiger partial charge < -0.3 is 5.73 Å². The first-order valence-corrected chi connectivity index (χ1v) is 9.15. The van der Waals surface area contributed by atoms with Crippen molar-refractivity contribution in [2.24, 2.45) is 5.73 Å². The quantitative estimate of drug-likeness (QED) is 0.563. The molecule has 4 nitrogen and oxygen atoms in total. The molecule has 0 heterocycles. The van der Waals surface area contributed by atoms with Crippen LogP contribution in [0.4, 0.5) is 5.69 Å². The summed E-state index contributed by atoms with van der Waals surface area (Å²) in [4.78, 5) is 0.190. The number of nitrogens with one attached hydrogen (secondary N) is 1. The summed E-state index contributed by atoms with van der Waals surface area (Å²) >= 11 is 7.10. The predicted molar refractivity (Wildman–Crippen MR) is 97.7 cm³/mol. The molecule has 7 heteroatoms. The number of rotatable bonds is 5. The van der Waals surface area contributed by atoms with Crippen molar-refractivity contribution in [3.8, 4) is 0 Å². The number of nitrogens with two attached hydrogens (primary N) is 1. The van der Waals surface area contributed by atoms with Crippen molar-refractivity contribution >= 4 is 55.5 Å². The fraction of sp³-hybridized carbons (Fsp3) is 0.0714. The van der Waals surface area contributed by atoms with E-state index in [1.807, 2.05) is 12.1 Å². The number of halogens is 1. The van der Waals surface area contributed by atoms with Crippen LogP contribution < -0.4 is 10.5 Å². The van der Waals surface area contributed by atoms with Crippen molar-refractivity contribution in [2.45, 2.75) is 5.75 Å². The van der Waals surface area contributed by atoms with Gasteiger partial charge in [0.25, 0.3) is 0 Å². The van der Waals surface area contributed by atoms with Gasteiger partial charge in [0.05, 0.1) is 5.75 Å². The molecule has 0 aliphatic rings. The van der Waals surface area contributed by atoms with Crippen molar-refractivity contribution < 1.29 is 8.42 Å². The van der Waals surface area contributed by atoms with Crippen LogP contribution in [0.2, 0.25) is 0 Å². The summed E-state index contributed by atoms with van der Waals surface area (Å²) in [5.74, 6) is -0.174. The summed E-state index contributed by atoms with van der Waals surface area (Å²) in [6.07, 6.45) is 0. The number of benzene rings is 2. The van der Waals surface area contributed by atoms with E-state index < -0.39 is 10.0 Å². The molecule has 0 aromatic heterocycles. The maximum absolute atomic E-state index is 12.2. The average Bonchev–Trinajstić information content (AvgIpc) is 2.41. The Balaban J connectivity index is 2.22. The van der Waals surface area contributed by atoms with Gasteiger partial charge in [0, 0.05) is 14.8 Å². The molecular weight excluding hydrogens is 419 g/mol. The summed E-state index contributed by atoms with van der Waals surface area (Å²) < 4.78 is 28.0. The molecule has 3 N–H and O–H groups in total. The highest BCUT2D eigenvalue weighted by Crippen LogP contribution is 2.17. The lowest BCUT2D eigenvalue weighted by Gasteiger charge is -2.11. The minimum absolute atomic E-state index is 0.174. The molecule has 2 aromatic rings. The van der Waals surface area contributed by atoms with Gasteiger partial charge in [0.2, 0.25) is 10.0 Å². The van der Waals surface area contributed by atoms with E-state index in [4.69, 9.17) is 18.0 Å². The zero-order chi connectivity index (χ0) is 15.5. The van der Waals surface area contributed by atoms with E-state index in [9.17, 15) is 8.42 Å². The predicted octanol–water partition coefficient (Wildman–Crippen LogP) is 2.87. The van der Waals surface area contributed by atoms with Gasteiger partial charge in [0.15, 0.2) is 0 Å². The standard InChI is InChI=1S/C14H13IN2O2S2/c15-11-5-7-12(8-6-11)17-21(18,19)9-10-3-1-2-4-13(10)14(16)20/h1-8,17H,9H2,(H2,16,20). The second kappa shape index (κ2) is 6.71. The van der Waals surface area contributed by atoms with Crippen LogP contribution in [0.5, 0.6) is 0 Å². The van der Waals surface area contributed by atoms with Gasteiger partial charge in [-0.05, 0) is 52.4 Å². The summed E-state index contributed by atoms with van der Waals surface area (Å²) in [5, 5.41) is 0. The Kier molecular flexibility index (Phi) is 5.17. The molecule has 2 rings (SSSR count). The third-order valence-corrected chi connectivity index (χ3v) is 4.92. The SMILES string of the molecule is NC(=S)c1ccccc1CS(=O)(=O)Nc1ccc(I)cc1. The lowest BCUT2D eigenvalue weighted by atomic mass is 10.1. The molecule has 21 heavy (non-hydrogen) atoms. The molecule has 0 spiro atoms. The largest absolute Gasteiger partial charge is 0.389 e. The van der Waals surface area contributed by atoms with E-state index in [1.165, 1.54) is 0 Å². The van der Waals surface area contributed by atoms with Crippen molar-refractivity contribution in [2.75, 3.05) is 4.72 Å². The minimum atomic E-state index is -3.52. The number of hydrogen-bond donors (Lipinski definition) is 2. The van der Waals surface area contributed by atoms with Crippen molar-refractivity contribution in [3.05, 3.63) is 63.2 Å². The van der Waals surface area contributed by atoms with Crippen LogP contribution >= 0.6 is 34.8 Å². The van der Waals surface area contributed by atoms with E-state index in [1.54, 1.807) is 36.4 Å². The molecule has 0 radical (unpaired) electrons. The molecule has 0 atom stereocenters. The van der Waals surface area contributed by atoms with E-state index in [0.29, 0.717) is 16.8 Å². The first kappa shape index (κ1) is 16.2. The molecule has 0 aliphatic heterocycles. The van der Waals surface area contributed by atoms with Gasteiger partial charge in [0.1, 0.15) is 4.99 Å². The second-order valence-electron chi connectivity index (χ2n) is 4.39. The Morgan fingerprint density at radius 1 is 1.14 bits per heavy atom. The van der Waals surface area contributed by atoms with Gasteiger partial charge in [-0.15, -0.1) is 0 Å². The number of hydrogen-bond acceptors (Lipinski definition) is 3. The fourth-order valence-corrected chi connectivity index (χ4v) is 3.61. The molecule has 0 unspecified atom stereocenters. The second-order valence-corrected chi connectivity index (χ2v) is 7.80. The van der Waals surface area contributed by atoms with Crippen LogP contribution in [0.3, 0.4) is 0 Å². The first-order chi connectivity index (χ1) is 9.87. The first-order valence-electron chi connectivity index (χ1n) is 6.01. The highest BCUT2D eigenvalue weighted by Gasteiger charge is 2.15. The maximum atomic E-state index is 12.2. The smallest absolute Gasteiger partial charge is 0.236 e. The third kappa shape index (κ3) is 4.65. The van der Waals surface area contributed by atoms with E-state index >= 15 is 0 Å². The van der Waals surface area contributed by atoms with Gasteiger partial charge >= 0.3 is 0 Å². The van der Waals surface area contributed by atoms with Gasteiger partial charge in [-0.3, -0.25) is 4.72 Å². The van der Waals surface area contributed by atoms with Crippen LogP contribution in [0.25, 0.3) is 0 Å². The number of sulfonamides is 1. The Bertz CT molecular complexity index is 759. The van der Waals surface area contributed by atoms with E-state index in [-0.39, 0.29) is 10.7 Å². The average molecular weight is 432 g/mol. The summed E-state index contributed by atoms with van der Waals surface area (Å²) in [6, 6.07) is 14.1. The Labute approximate surface area is 142 Å². The van der Waals surface area contributed by atoms with Crippen molar-refractivity contribution in [1.82, 2.24) is 0 Å². The highest BCUT2D eigenvalue weighted by molar-refractivity contribution is 14.1. The Morgan fingerprint density at radius 3 is 2.38 bits per heavy atom. The summed E-state index contributed by atoms with van der Waals surface area (Å²) in [6.45, 7) is 0. The molecule has 0 bridgehead atoms. The molecule has 0 aliphatic carbocycles. The molecule has 110 valence electrons. The monoisotopic (exact) mass is 432 g/mol. The number of thiocarbonyl (C=S) groups is 1. The lowest BCUT2D eigenvalue weighted by molar-refractivity contribution is 0.600. The number of anilines is 1. The highest BCUT2D eigenvalue weighted by atomic mass is 127. The van der Waals surface area contributed by atoms with Gasteiger partial charge in [-0.2, -0.15) is 0 Å². The van der Waals surface area contributed by atoms with E-state index in [0.717, 1.165) is 3.57 Å². The normalized spacial score (nSPS) is 11.1. The minimum Gasteiger partial charge on any atom is -0.389 e. The van der Waals surface area contributed by atoms with Crippen molar-refractivity contribution in [3.63, 3.8) is 0 Å². The lowest BCUT2D eigenvalue weighted by Crippen LogP contribution is -2.19. The fourth-order valence-electron chi connectivity index (χ4n) is 1.82. The summed E-state index contributed by atoms with van der Waals surface area (Å²) in [7, 11) is -3.52. The van der Waals surface area contributed by atoms with Crippen molar-refractivity contribution in [1.29, 1.82) is 0 Å². The van der Waals surface area contributed by atoms with Crippen LogP contribution in [-0.4, -0.2) is 13.4 Å². The zero-order valence-electron chi connectivity index (χ0n) is 10.9. The Morgan fingerprint density at radius 2 is 1.76 bits per heavy atom. The van der Waals surface area contributed by atoms with Crippen LogP contribution in [0, 0.1) is 3.57 Å². The zero-order valence-corrected chi connectivity index (χ0v) is 14.7. The topological polar surface area (TPSA) is 72.2 Å². The van der Waals surface area contributed by atoms with E-state index in [2.05, 4.69) is 27.3 Å². The maximum Gasteiger partial charge on any atom is 0.236 e. The van der Waals surface area contributed by atoms with Gasteiger partial charge in [-0.25, -0.2) is 8.42 Å². The third-order valence-electron chi connectivity index (χ3n) is 2.75.